The van der Waals surface area contributed by atoms with Crippen LogP contribution in [0, 0.1) is 5.41 Å². The first kappa shape index (κ1) is 33.7. The molecule has 0 saturated carbocycles. The van der Waals surface area contributed by atoms with Crippen molar-refractivity contribution in [3.8, 4) is 5.75 Å². The molecule has 0 radical (unpaired) electrons. The van der Waals surface area contributed by atoms with Gasteiger partial charge in [-0.2, -0.15) is 0 Å². The number of benzene rings is 2. The third-order valence-corrected chi connectivity index (χ3v) is 9.83. The number of carbonyl (C=O) groups is 2. The smallest absolute Gasteiger partial charge is 0.333 e. The Balaban J connectivity index is 2.12. The molecule has 7 nitrogen and oxygen atoms in total. The molecule has 0 bridgehead atoms. The first-order valence-corrected chi connectivity index (χ1v) is 17.5. The number of fused-ring (bicyclic) bond motifs is 1. The highest BCUT2D eigenvalue weighted by molar-refractivity contribution is 7.98. The number of unbranched alkanes of at least 4 members (excludes halogenated alkanes) is 2. The average molecular weight is 615 g/mol. The lowest BCUT2D eigenvalue weighted by Gasteiger charge is -2.37. The van der Waals surface area contributed by atoms with Crippen molar-refractivity contribution in [2.24, 2.45) is 5.41 Å². The van der Waals surface area contributed by atoms with Crippen LogP contribution in [0.15, 0.2) is 58.5 Å². The molecule has 2 aromatic carbocycles. The fourth-order valence-corrected chi connectivity index (χ4v) is 7.52. The van der Waals surface area contributed by atoms with Gasteiger partial charge in [0.25, 0.3) is 5.91 Å². The zero-order valence-electron chi connectivity index (χ0n) is 25.9. The van der Waals surface area contributed by atoms with E-state index in [9.17, 15) is 13.8 Å². The summed E-state index contributed by atoms with van der Waals surface area (Å²) in [5, 5.41) is 2.96. The maximum atomic E-state index is 14.2. The summed E-state index contributed by atoms with van der Waals surface area (Å²) in [5.74, 6) is 0.541. The monoisotopic (exact) mass is 614 g/mol. The van der Waals surface area contributed by atoms with Crippen molar-refractivity contribution in [3.63, 3.8) is 0 Å². The second kappa shape index (κ2) is 16.2. The maximum Gasteiger partial charge on any atom is 0.333 e. The Labute approximate surface area is 258 Å². The molecule has 0 aromatic heterocycles. The van der Waals surface area contributed by atoms with Gasteiger partial charge in [0.2, 0.25) is 0 Å². The number of nitrogens with zero attached hydrogens (tertiary/aromatic N) is 1. The van der Waals surface area contributed by atoms with Crippen molar-refractivity contribution in [2.45, 2.75) is 89.0 Å². The molecule has 2 aromatic rings. The van der Waals surface area contributed by atoms with Gasteiger partial charge in [0.15, 0.2) is 0 Å². The lowest BCUT2D eigenvalue weighted by molar-refractivity contribution is -0.137. The molecule has 1 unspecified atom stereocenters. The van der Waals surface area contributed by atoms with Crippen molar-refractivity contribution in [3.05, 3.63) is 54.3 Å². The minimum absolute atomic E-state index is 0.0518. The van der Waals surface area contributed by atoms with Crippen LogP contribution in [0.5, 0.6) is 5.75 Å². The lowest BCUT2D eigenvalue weighted by Crippen LogP contribution is -2.37. The molecule has 0 fully saturated rings. The number of ether oxygens (including phenoxy) is 2. The van der Waals surface area contributed by atoms with Crippen molar-refractivity contribution in [1.29, 1.82) is 0 Å². The fourth-order valence-electron chi connectivity index (χ4n) is 5.25. The predicted octanol–water partition coefficient (Wildman–Crippen LogP) is 7.63. The second-order valence-corrected chi connectivity index (χ2v) is 13.4. The van der Waals surface area contributed by atoms with Gasteiger partial charge in [-0.1, -0.05) is 39.5 Å². The van der Waals surface area contributed by atoms with E-state index in [0.717, 1.165) is 61.3 Å². The van der Waals surface area contributed by atoms with Crippen molar-refractivity contribution >= 4 is 45.8 Å². The third-order valence-electron chi connectivity index (χ3n) is 7.38. The zero-order valence-corrected chi connectivity index (χ0v) is 27.5. The van der Waals surface area contributed by atoms with Crippen molar-refractivity contribution < 1.29 is 23.3 Å². The highest BCUT2D eigenvalue weighted by Crippen LogP contribution is 2.46. The van der Waals surface area contributed by atoms with Crippen LogP contribution >= 0.6 is 11.8 Å². The van der Waals surface area contributed by atoms with E-state index < -0.39 is 16.8 Å². The number of thioether (sulfide) groups is 1. The summed E-state index contributed by atoms with van der Waals surface area (Å²) in [6.07, 6.45) is 10.8. The van der Waals surface area contributed by atoms with Crippen LogP contribution in [0.1, 0.15) is 83.5 Å². The predicted molar refractivity (Wildman–Crippen MR) is 173 cm³/mol. The molecule has 1 atom stereocenters. The molecule has 1 amide bonds. The summed E-state index contributed by atoms with van der Waals surface area (Å²) >= 11 is 1.53. The summed E-state index contributed by atoms with van der Waals surface area (Å²) in [4.78, 5) is 28.3. The number of nitrogens with one attached hydrogen (secondary N) is 1. The molecule has 0 saturated heterocycles. The van der Waals surface area contributed by atoms with Gasteiger partial charge in [-0.05, 0) is 70.2 Å². The molecular weight excluding hydrogens is 569 g/mol. The van der Waals surface area contributed by atoms with E-state index in [-0.39, 0.29) is 24.0 Å². The molecule has 1 heterocycles. The topological polar surface area (TPSA) is 84.9 Å². The zero-order chi connectivity index (χ0) is 30.7. The molecule has 3 rings (SSSR count). The number of hydrogen-bond acceptors (Lipinski definition) is 7. The van der Waals surface area contributed by atoms with Gasteiger partial charge in [0.1, 0.15) is 5.75 Å². The molecule has 230 valence electrons. The van der Waals surface area contributed by atoms with Gasteiger partial charge in [-0.3, -0.25) is 9.00 Å². The lowest BCUT2D eigenvalue weighted by atomic mass is 9.79. The number of esters is 1. The summed E-state index contributed by atoms with van der Waals surface area (Å²) in [6, 6.07) is 11.7. The number of anilines is 2. The first-order chi connectivity index (χ1) is 20.2. The Hall–Kier alpha value is -2.78. The van der Waals surface area contributed by atoms with Crippen LogP contribution < -0.4 is 15.0 Å². The summed E-state index contributed by atoms with van der Waals surface area (Å²) in [6.45, 7) is 11.1. The number of rotatable bonds is 14. The van der Waals surface area contributed by atoms with Crippen molar-refractivity contribution in [1.82, 2.24) is 5.32 Å². The van der Waals surface area contributed by atoms with Crippen LogP contribution in [-0.2, 0) is 20.3 Å². The Morgan fingerprint density at radius 2 is 1.76 bits per heavy atom. The average Bonchev–Trinajstić information content (AvgIpc) is 3.08. The Kier molecular flexibility index (Phi) is 13.0. The van der Waals surface area contributed by atoms with Crippen LogP contribution in [0.4, 0.5) is 11.4 Å². The van der Waals surface area contributed by atoms with Crippen molar-refractivity contribution in [2.75, 3.05) is 30.1 Å². The molecular formula is C33H46N2O5S2. The normalized spacial score (nSPS) is 16.3. The molecule has 9 heteroatoms. The summed E-state index contributed by atoms with van der Waals surface area (Å²) in [5.41, 5.74) is 2.31. The maximum absolute atomic E-state index is 14.2. The van der Waals surface area contributed by atoms with Gasteiger partial charge in [0, 0.05) is 41.1 Å². The van der Waals surface area contributed by atoms with Crippen LogP contribution in [0.25, 0.3) is 0 Å². The van der Waals surface area contributed by atoms with E-state index in [4.69, 9.17) is 9.47 Å². The standard InChI is InChI=1S/C33H46N2O5S2/c1-7-10-17-33(18-11-8-2)22-35(26-14-12-25(13-15-26)32(37)34-24(4)5)27-20-29(41-6)28(21-30(27)42(38)23-33)40-19-16-31(36)39-9-3/h12-16,19-21,24H,7-11,17-18,22-23H2,1-6H3,(H,34,37)/b19-16+. The minimum Gasteiger partial charge on any atom is -0.464 e. The highest BCUT2D eigenvalue weighted by atomic mass is 32.2. The Morgan fingerprint density at radius 1 is 1.10 bits per heavy atom. The Morgan fingerprint density at radius 3 is 2.33 bits per heavy atom. The minimum atomic E-state index is -1.27. The largest absolute Gasteiger partial charge is 0.464 e. The highest BCUT2D eigenvalue weighted by Gasteiger charge is 2.39. The summed E-state index contributed by atoms with van der Waals surface area (Å²) in [7, 11) is -1.27. The van der Waals surface area contributed by atoms with Crippen LogP contribution in [0.2, 0.25) is 0 Å². The molecule has 0 spiro atoms. The van der Waals surface area contributed by atoms with Gasteiger partial charge < -0.3 is 19.7 Å². The van der Waals surface area contributed by atoms with E-state index in [0.29, 0.717) is 22.0 Å². The van der Waals surface area contributed by atoms with Crippen LogP contribution in [0.3, 0.4) is 0 Å². The third kappa shape index (κ3) is 8.86. The molecule has 1 N–H and O–H groups in total. The fraction of sp³-hybridized carbons (Fsp3) is 0.515. The molecule has 1 aliphatic heterocycles. The molecule has 42 heavy (non-hydrogen) atoms. The number of carbonyl (C=O) groups excluding carboxylic acids is 2. The molecule has 1 aliphatic rings. The van der Waals surface area contributed by atoms with Crippen LogP contribution in [-0.4, -0.2) is 47.3 Å². The number of amides is 1. The van der Waals surface area contributed by atoms with Gasteiger partial charge in [0.05, 0.1) is 45.2 Å². The van der Waals surface area contributed by atoms with E-state index in [2.05, 4.69) is 24.1 Å². The SMILES string of the molecule is CCCCC1(CCCC)CN(c2ccc(C(=O)NC(C)C)cc2)c2cc(SC)c(O/C=C/C(=O)OCC)cc2S(=O)C1. The number of hydrogen-bond donors (Lipinski definition) is 1. The molecule has 0 aliphatic carbocycles. The van der Waals surface area contributed by atoms with E-state index in [1.165, 1.54) is 24.1 Å². The van der Waals surface area contributed by atoms with E-state index >= 15 is 0 Å². The van der Waals surface area contributed by atoms with Gasteiger partial charge in [-0.15, -0.1) is 11.8 Å². The second-order valence-electron chi connectivity index (χ2n) is 11.1. The van der Waals surface area contributed by atoms with Gasteiger partial charge in [-0.25, -0.2) is 4.79 Å². The van der Waals surface area contributed by atoms with Gasteiger partial charge >= 0.3 is 5.97 Å². The first-order valence-electron chi connectivity index (χ1n) is 15.0. The Bertz CT molecular complexity index is 1250. The quantitative estimate of drug-likeness (QED) is 0.101. The van der Waals surface area contributed by atoms with E-state index in [1.54, 1.807) is 6.92 Å². The summed E-state index contributed by atoms with van der Waals surface area (Å²) < 4.78 is 25.0. The van der Waals surface area contributed by atoms with E-state index in [1.807, 2.05) is 56.5 Å².